The highest BCUT2D eigenvalue weighted by Crippen LogP contribution is 2.21. The summed E-state index contributed by atoms with van der Waals surface area (Å²) in [7, 11) is 0. The van der Waals surface area contributed by atoms with E-state index in [-0.39, 0.29) is 0 Å². The molecular weight excluding hydrogens is 202 g/mol. The predicted molar refractivity (Wildman–Crippen MR) is 64.9 cm³/mol. The Hall–Kier alpha value is -2.30. The van der Waals surface area contributed by atoms with E-state index < -0.39 is 0 Å². The van der Waals surface area contributed by atoms with Gasteiger partial charge in [-0.1, -0.05) is 6.07 Å². The molecule has 0 aliphatic carbocycles. The summed E-state index contributed by atoms with van der Waals surface area (Å²) < 4.78 is 0. The second kappa shape index (κ2) is 3.69. The number of nitrogens with zero attached hydrogens (tertiary/aromatic N) is 2. The lowest BCUT2D eigenvalue weighted by Gasteiger charge is -2.06. The van der Waals surface area contributed by atoms with Crippen LogP contribution < -0.4 is 17.2 Å². The number of hydrogen-bond donors (Lipinski definition) is 3. The quantitative estimate of drug-likeness (QED) is 0.653. The zero-order valence-corrected chi connectivity index (χ0v) is 8.94. The van der Waals surface area contributed by atoms with Crippen molar-refractivity contribution in [3.8, 4) is 0 Å². The van der Waals surface area contributed by atoms with Gasteiger partial charge in [0.15, 0.2) is 0 Å². The van der Waals surface area contributed by atoms with Crippen LogP contribution >= 0.6 is 0 Å². The van der Waals surface area contributed by atoms with Gasteiger partial charge in [-0.15, -0.1) is 0 Å². The number of anilines is 1. The van der Waals surface area contributed by atoms with Gasteiger partial charge >= 0.3 is 0 Å². The van der Waals surface area contributed by atoms with Crippen molar-refractivity contribution < 1.29 is 0 Å². The number of aromatic nitrogens is 2. The summed E-state index contributed by atoms with van der Waals surface area (Å²) in [5.41, 5.74) is 20.0. The van der Waals surface area contributed by atoms with E-state index in [4.69, 9.17) is 17.2 Å². The van der Waals surface area contributed by atoms with E-state index in [0.29, 0.717) is 17.2 Å². The van der Waals surface area contributed by atoms with E-state index in [1.54, 1.807) is 6.92 Å². The molecule has 1 heterocycles. The summed E-state index contributed by atoms with van der Waals surface area (Å²) in [6, 6.07) is 5.55. The molecule has 0 amide bonds. The van der Waals surface area contributed by atoms with Crippen LogP contribution in [0, 0.1) is 0 Å². The van der Waals surface area contributed by atoms with Crippen molar-refractivity contribution in [2.45, 2.75) is 6.92 Å². The van der Waals surface area contributed by atoms with Crippen LogP contribution in [0.25, 0.3) is 16.6 Å². The van der Waals surface area contributed by atoms with Crippen molar-refractivity contribution in [3.63, 3.8) is 0 Å². The molecule has 0 aliphatic rings. The first kappa shape index (κ1) is 10.2. The molecule has 82 valence electrons. The van der Waals surface area contributed by atoms with E-state index in [9.17, 15) is 0 Å². The number of benzene rings is 1. The summed E-state index contributed by atoms with van der Waals surface area (Å²) in [6.45, 7) is 1.75. The molecule has 2 rings (SSSR count). The average Bonchev–Trinajstić information content (AvgIpc) is 2.28. The maximum Gasteiger partial charge on any atom is 0.134 e. The van der Waals surface area contributed by atoms with E-state index in [1.807, 2.05) is 18.2 Å². The van der Waals surface area contributed by atoms with Crippen molar-refractivity contribution in [2.24, 2.45) is 11.5 Å². The summed E-state index contributed by atoms with van der Waals surface area (Å²) in [4.78, 5) is 8.04. The first-order valence-electron chi connectivity index (χ1n) is 4.82. The topological polar surface area (TPSA) is 104 Å². The van der Waals surface area contributed by atoms with Crippen LogP contribution in [-0.4, -0.2) is 9.97 Å². The summed E-state index contributed by atoms with van der Waals surface area (Å²) in [6.07, 6.45) is 1.44. The highest BCUT2D eigenvalue weighted by Gasteiger charge is 2.04. The van der Waals surface area contributed by atoms with Gasteiger partial charge in [0.2, 0.25) is 0 Å². The lowest BCUT2D eigenvalue weighted by atomic mass is 10.1. The minimum absolute atomic E-state index is 0.439. The lowest BCUT2D eigenvalue weighted by Crippen LogP contribution is -2.06. The summed E-state index contributed by atoms with van der Waals surface area (Å²) >= 11 is 0. The number of allylic oxidation sites excluding steroid dienone is 1. The van der Waals surface area contributed by atoms with Gasteiger partial charge in [-0.2, -0.15) is 0 Å². The average molecular weight is 215 g/mol. The fourth-order valence-electron chi connectivity index (χ4n) is 1.47. The number of hydrogen-bond acceptors (Lipinski definition) is 5. The normalized spacial score (nSPS) is 12.6. The minimum atomic E-state index is 0.439. The second-order valence-corrected chi connectivity index (χ2v) is 3.59. The molecule has 0 atom stereocenters. The largest absolute Gasteiger partial charge is 0.401 e. The fourth-order valence-corrected chi connectivity index (χ4v) is 1.47. The van der Waals surface area contributed by atoms with Gasteiger partial charge in [-0.05, 0) is 19.1 Å². The Bertz CT molecular complexity index is 570. The SMILES string of the molecule is C/C(N)=C(/N)c1ccc2ncnc(N)c2c1. The van der Waals surface area contributed by atoms with Gasteiger partial charge in [-0.25, -0.2) is 9.97 Å². The molecule has 0 spiro atoms. The highest BCUT2D eigenvalue weighted by molar-refractivity contribution is 5.90. The standard InChI is InChI=1S/C11H13N5/c1-6(12)10(13)7-2-3-9-8(4-7)11(14)16-5-15-9/h2-5H,12-13H2,1H3,(H2,14,15,16)/b10-6-. The van der Waals surface area contributed by atoms with Crippen LogP contribution in [-0.2, 0) is 0 Å². The zero-order valence-electron chi connectivity index (χ0n) is 8.94. The molecular formula is C11H13N5. The van der Waals surface area contributed by atoms with Crippen molar-refractivity contribution >= 4 is 22.4 Å². The molecule has 5 heteroatoms. The summed E-state index contributed by atoms with van der Waals surface area (Å²) in [5.74, 6) is 0.439. The minimum Gasteiger partial charge on any atom is -0.401 e. The molecule has 0 radical (unpaired) electrons. The van der Waals surface area contributed by atoms with Crippen LogP contribution in [0.4, 0.5) is 5.82 Å². The Kier molecular flexibility index (Phi) is 2.36. The van der Waals surface area contributed by atoms with Crippen LogP contribution in [0.3, 0.4) is 0 Å². The van der Waals surface area contributed by atoms with Gasteiger partial charge in [-0.3, -0.25) is 0 Å². The Labute approximate surface area is 93.0 Å². The maximum atomic E-state index is 5.85. The lowest BCUT2D eigenvalue weighted by molar-refractivity contribution is 1.23. The molecule has 0 aliphatic heterocycles. The fraction of sp³-hybridized carbons (Fsp3) is 0.0909. The number of nitrogen functional groups attached to an aromatic ring is 1. The molecule has 2 aromatic rings. The zero-order chi connectivity index (χ0) is 11.7. The van der Waals surface area contributed by atoms with Crippen molar-refractivity contribution in [2.75, 3.05) is 5.73 Å². The second-order valence-electron chi connectivity index (χ2n) is 3.59. The Morgan fingerprint density at radius 1 is 1.19 bits per heavy atom. The highest BCUT2D eigenvalue weighted by atomic mass is 14.9. The Morgan fingerprint density at radius 2 is 1.94 bits per heavy atom. The van der Waals surface area contributed by atoms with Crippen LogP contribution in [0.2, 0.25) is 0 Å². The molecule has 16 heavy (non-hydrogen) atoms. The Balaban J connectivity index is 2.69. The molecule has 0 fully saturated rings. The van der Waals surface area contributed by atoms with Gasteiger partial charge in [0, 0.05) is 16.6 Å². The first-order valence-corrected chi connectivity index (χ1v) is 4.82. The van der Waals surface area contributed by atoms with Crippen LogP contribution in [0.1, 0.15) is 12.5 Å². The van der Waals surface area contributed by atoms with E-state index in [1.165, 1.54) is 6.33 Å². The van der Waals surface area contributed by atoms with Gasteiger partial charge < -0.3 is 17.2 Å². The monoisotopic (exact) mass is 215 g/mol. The molecule has 1 aromatic carbocycles. The van der Waals surface area contributed by atoms with Gasteiger partial charge in [0.25, 0.3) is 0 Å². The first-order chi connectivity index (χ1) is 7.59. The molecule has 0 saturated carbocycles. The van der Waals surface area contributed by atoms with Crippen molar-refractivity contribution in [1.29, 1.82) is 0 Å². The van der Waals surface area contributed by atoms with E-state index >= 15 is 0 Å². The van der Waals surface area contributed by atoms with Crippen molar-refractivity contribution in [1.82, 2.24) is 9.97 Å². The van der Waals surface area contributed by atoms with Crippen LogP contribution in [0.5, 0.6) is 0 Å². The Morgan fingerprint density at radius 3 is 2.62 bits per heavy atom. The summed E-state index contributed by atoms with van der Waals surface area (Å²) in [5, 5.41) is 0.782. The van der Waals surface area contributed by atoms with Gasteiger partial charge in [0.05, 0.1) is 11.2 Å². The molecule has 1 aromatic heterocycles. The van der Waals surface area contributed by atoms with Crippen molar-refractivity contribution in [3.05, 3.63) is 35.8 Å². The third kappa shape index (κ3) is 1.63. The number of nitrogens with two attached hydrogens (primary N) is 3. The molecule has 0 saturated heterocycles. The van der Waals surface area contributed by atoms with E-state index in [0.717, 1.165) is 16.5 Å². The van der Waals surface area contributed by atoms with Crippen LogP contribution in [0.15, 0.2) is 30.2 Å². The smallest absolute Gasteiger partial charge is 0.134 e. The molecule has 0 bridgehead atoms. The number of rotatable bonds is 1. The third-order valence-corrected chi connectivity index (χ3v) is 2.40. The predicted octanol–water partition coefficient (Wildman–Crippen LogP) is 0.818. The van der Waals surface area contributed by atoms with E-state index in [2.05, 4.69) is 9.97 Å². The maximum absolute atomic E-state index is 5.85. The molecule has 0 unspecified atom stereocenters. The third-order valence-electron chi connectivity index (χ3n) is 2.40. The number of fused-ring (bicyclic) bond motifs is 1. The van der Waals surface area contributed by atoms with Gasteiger partial charge in [0.1, 0.15) is 12.1 Å². The molecule has 6 N–H and O–H groups in total. The molecule has 5 nitrogen and oxygen atoms in total.